The van der Waals surface area contributed by atoms with Crippen molar-refractivity contribution in [3.8, 4) is 0 Å². The molecule has 0 heterocycles. The third kappa shape index (κ3) is 2480. The van der Waals surface area contributed by atoms with Crippen LogP contribution in [0, 0.1) is 0 Å². The number of hydrogen-bond donors (Lipinski definition) is 2. The maximum Gasteiger partial charge on any atom is 0.182 e. The predicted molar refractivity (Wildman–Crippen MR) is 48.4 cm³/mol. The minimum Gasteiger partial charge on any atom is -0.288 e. The molecule has 56 valence electrons. The van der Waals surface area contributed by atoms with Gasteiger partial charge in [-0.2, -0.15) is 12.6 Å². The van der Waals surface area contributed by atoms with E-state index in [9.17, 15) is 4.79 Å². The quantitative estimate of drug-likeness (QED) is 0.527. The summed E-state index contributed by atoms with van der Waals surface area (Å²) in [6, 6.07) is 0. The van der Waals surface area contributed by atoms with Crippen LogP contribution in [-0.4, -0.2) is 9.86 Å². The van der Waals surface area contributed by atoms with E-state index in [0.29, 0.717) is 0 Å². The number of carbonyl (C=O) groups excluding carboxylic acids is 1. The first-order valence-electron chi connectivity index (χ1n) is 2.65. The number of carbonyl (C=O) groups is 1. The summed E-state index contributed by atoms with van der Waals surface area (Å²) < 4.78 is 0.194. The first-order valence-corrected chi connectivity index (χ1v) is 3.55. The van der Waals surface area contributed by atoms with Crippen LogP contribution in [0.1, 0.15) is 27.7 Å². The van der Waals surface area contributed by atoms with Gasteiger partial charge >= 0.3 is 0 Å². The smallest absolute Gasteiger partial charge is 0.182 e. The molecule has 0 aromatic carbocycles. The van der Waals surface area contributed by atoms with E-state index >= 15 is 0 Å². The van der Waals surface area contributed by atoms with Crippen LogP contribution in [0.2, 0.25) is 0 Å². The third-order valence-electron chi connectivity index (χ3n) is 0. The summed E-state index contributed by atoms with van der Waals surface area (Å²) in [5, 5.41) is -0.139. The zero-order valence-corrected chi connectivity index (χ0v) is 8.09. The summed E-state index contributed by atoms with van der Waals surface area (Å²) in [5.74, 6) is 0. The molecule has 0 saturated heterocycles. The second kappa shape index (κ2) is 5.18. The summed E-state index contributed by atoms with van der Waals surface area (Å²) in [5.41, 5.74) is 0. The van der Waals surface area contributed by atoms with Crippen molar-refractivity contribution in [2.24, 2.45) is 0 Å². The molecule has 0 N–H and O–H groups in total. The van der Waals surface area contributed by atoms with Gasteiger partial charge in [0.05, 0.1) is 0 Å². The first-order chi connectivity index (χ1) is 3.73. The lowest BCUT2D eigenvalue weighted by Gasteiger charge is -2.04. The summed E-state index contributed by atoms with van der Waals surface area (Å²) in [4.78, 5) is 9.31. The second-order valence-electron chi connectivity index (χ2n) is 2.69. The number of thiol groups is 2. The van der Waals surface area contributed by atoms with Gasteiger partial charge in [-0.05, 0) is 0 Å². The molecule has 0 aliphatic heterocycles. The Kier molecular flexibility index (Phi) is 6.95. The maximum absolute atomic E-state index is 9.31. The largest absolute Gasteiger partial charge is 0.288 e. The Balaban J connectivity index is 0. The molecular weight excluding hydrogens is 152 g/mol. The molecule has 0 unspecified atom stereocenters. The normalized spacial score (nSPS) is 9.56. The van der Waals surface area contributed by atoms with Crippen LogP contribution in [0.15, 0.2) is 0 Å². The van der Waals surface area contributed by atoms with E-state index in [1.807, 2.05) is 0 Å². The van der Waals surface area contributed by atoms with Gasteiger partial charge in [0, 0.05) is 11.7 Å². The van der Waals surface area contributed by atoms with Gasteiger partial charge in [0.15, 0.2) is 5.12 Å². The lowest BCUT2D eigenvalue weighted by molar-refractivity contribution is -0.108. The SMILES string of the molecule is CC(=O)S.CC(C)(C)S. The molecule has 0 saturated carbocycles. The van der Waals surface area contributed by atoms with E-state index < -0.39 is 0 Å². The van der Waals surface area contributed by atoms with Gasteiger partial charge in [-0.1, -0.05) is 20.8 Å². The average Bonchev–Trinajstić information content (AvgIpc) is 1.19. The molecule has 0 aromatic heterocycles. The number of hydrogen-bond acceptors (Lipinski definition) is 2. The maximum atomic E-state index is 9.31. The van der Waals surface area contributed by atoms with Crippen LogP contribution in [0.3, 0.4) is 0 Å². The fourth-order valence-corrected chi connectivity index (χ4v) is 0. The molecule has 0 aliphatic rings. The van der Waals surface area contributed by atoms with Gasteiger partial charge < -0.3 is 0 Å². The molecule has 0 amide bonds. The third-order valence-corrected chi connectivity index (χ3v) is 0. The van der Waals surface area contributed by atoms with Gasteiger partial charge in [-0.3, -0.25) is 4.79 Å². The van der Waals surface area contributed by atoms with E-state index in [2.05, 4.69) is 46.0 Å². The molecule has 0 aliphatic carbocycles. The fourth-order valence-electron chi connectivity index (χ4n) is 0. The van der Waals surface area contributed by atoms with Gasteiger partial charge in [0.1, 0.15) is 0 Å². The average molecular weight is 166 g/mol. The van der Waals surface area contributed by atoms with Crippen molar-refractivity contribution in [1.82, 2.24) is 0 Å². The van der Waals surface area contributed by atoms with Crippen LogP contribution < -0.4 is 0 Å². The van der Waals surface area contributed by atoms with Crippen molar-refractivity contribution in [3.05, 3.63) is 0 Å². The van der Waals surface area contributed by atoms with E-state index in [0.717, 1.165) is 0 Å². The zero-order valence-electron chi connectivity index (χ0n) is 6.30. The van der Waals surface area contributed by atoms with Crippen molar-refractivity contribution in [3.63, 3.8) is 0 Å². The van der Waals surface area contributed by atoms with E-state index in [1.165, 1.54) is 6.92 Å². The van der Waals surface area contributed by atoms with Crippen LogP contribution in [0.5, 0.6) is 0 Å². The van der Waals surface area contributed by atoms with E-state index in [4.69, 9.17) is 0 Å². The van der Waals surface area contributed by atoms with Crippen LogP contribution in [-0.2, 0) is 4.79 Å². The van der Waals surface area contributed by atoms with Gasteiger partial charge in [0.25, 0.3) is 0 Å². The molecule has 1 nitrogen and oxygen atoms in total. The fraction of sp³-hybridized carbons (Fsp3) is 0.833. The Morgan fingerprint density at radius 3 is 1.33 bits per heavy atom. The van der Waals surface area contributed by atoms with Gasteiger partial charge in [-0.15, -0.1) is 12.6 Å². The molecule has 0 spiro atoms. The lowest BCUT2D eigenvalue weighted by Crippen LogP contribution is -1.99. The van der Waals surface area contributed by atoms with Crippen molar-refractivity contribution in [2.75, 3.05) is 0 Å². The second-order valence-corrected chi connectivity index (χ2v) is 4.66. The Labute approximate surface area is 68.0 Å². The summed E-state index contributed by atoms with van der Waals surface area (Å²) in [6.45, 7) is 7.55. The van der Waals surface area contributed by atoms with Crippen LogP contribution >= 0.6 is 25.3 Å². The minimum absolute atomic E-state index is 0.139. The van der Waals surface area contributed by atoms with Gasteiger partial charge in [-0.25, -0.2) is 0 Å². The molecule has 9 heavy (non-hydrogen) atoms. The van der Waals surface area contributed by atoms with Crippen LogP contribution in [0.4, 0.5) is 0 Å². The highest BCUT2D eigenvalue weighted by molar-refractivity contribution is 7.96. The molecule has 3 heteroatoms. The predicted octanol–water partition coefficient (Wildman–Crippen LogP) is 2.18. The standard InChI is InChI=1S/C4H10S.C2H4OS/c1-4(2,3)5;1-2(3)4/h5H,1-3H3;1H3,(H,3,4). The molecule has 0 bridgehead atoms. The van der Waals surface area contributed by atoms with E-state index in [-0.39, 0.29) is 9.86 Å². The molecule has 0 rings (SSSR count). The monoisotopic (exact) mass is 166 g/mol. The topological polar surface area (TPSA) is 17.1 Å². The highest BCUT2D eigenvalue weighted by Gasteiger charge is 1.96. The lowest BCUT2D eigenvalue weighted by atomic mass is 10.3. The summed E-state index contributed by atoms with van der Waals surface area (Å²) in [6.07, 6.45) is 0. The first kappa shape index (κ1) is 12.1. The molecule has 0 radical (unpaired) electrons. The highest BCUT2D eigenvalue weighted by Crippen LogP contribution is 2.07. The summed E-state index contributed by atoms with van der Waals surface area (Å²) in [7, 11) is 0. The Bertz CT molecular complexity index is 73.5. The number of rotatable bonds is 0. The minimum atomic E-state index is -0.139. The van der Waals surface area contributed by atoms with E-state index in [1.54, 1.807) is 0 Å². The molecular formula is C6H14OS2. The van der Waals surface area contributed by atoms with Crippen molar-refractivity contribution in [2.45, 2.75) is 32.4 Å². The molecule has 0 aromatic rings. The Hall–Kier alpha value is 0.370. The molecule has 0 fully saturated rings. The Morgan fingerprint density at radius 1 is 1.33 bits per heavy atom. The van der Waals surface area contributed by atoms with Crippen LogP contribution in [0.25, 0.3) is 0 Å². The Morgan fingerprint density at radius 2 is 1.33 bits per heavy atom. The highest BCUT2D eigenvalue weighted by atomic mass is 32.1. The van der Waals surface area contributed by atoms with Crippen molar-refractivity contribution >= 4 is 30.4 Å². The van der Waals surface area contributed by atoms with Gasteiger partial charge in [0.2, 0.25) is 0 Å². The zero-order chi connectivity index (χ0) is 8.08. The summed E-state index contributed by atoms with van der Waals surface area (Å²) >= 11 is 7.45. The molecule has 0 atom stereocenters. The van der Waals surface area contributed by atoms with Crippen molar-refractivity contribution in [1.29, 1.82) is 0 Å². The van der Waals surface area contributed by atoms with Crippen molar-refractivity contribution < 1.29 is 4.79 Å².